The lowest BCUT2D eigenvalue weighted by Gasteiger charge is -2.20. The van der Waals surface area contributed by atoms with E-state index in [0.717, 1.165) is 0 Å². The highest BCUT2D eigenvalue weighted by molar-refractivity contribution is 9.10. The molecule has 13 heteroatoms. The van der Waals surface area contributed by atoms with Crippen molar-refractivity contribution in [3.8, 4) is 5.75 Å². The average molecular weight is 580 g/mol. The van der Waals surface area contributed by atoms with E-state index in [4.69, 9.17) is 4.74 Å². The van der Waals surface area contributed by atoms with Crippen molar-refractivity contribution in [3.63, 3.8) is 0 Å². The van der Waals surface area contributed by atoms with Gasteiger partial charge in [0.15, 0.2) is 5.96 Å². The summed E-state index contributed by atoms with van der Waals surface area (Å²) >= 11 is 3.19. The molecule has 1 aliphatic rings. The molecule has 6 N–H and O–H groups in total. The highest BCUT2D eigenvalue weighted by atomic mass is 79.9. The first-order valence-electron chi connectivity index (χ1n) is 11.4. The molecule has 11 nitrogen and oxygen atoms in total. The number of aliphatic hydroxyl groups excluding tert-OH is 1. The van der Waals surface area contributed by atoms with E-state index in [1.165, 1.54) is 30.3 Å². The lowest BCUT2D eigenvalue weighted by atomic mass is 10.0. The highest BCUT2D eigenvalue weighted by Crippen LogP contribution is 2.23. The largest absolute Gasteiger partial charge is 0.508 e. The second kappa shape index (κ2) is 13.0. The second-order valence-electron chi connectivity index (χ2n) is 8.13. The standard InChI is InChI=1S/C24H27BrFN5O6/c1-2-37-22(35)9-20(13-3-15(25)7-16(26)4-13)31-21(34)12-27-23(36)14-5-17(8-18(32)6-14)30-24-28-10-19(33)11-29-24/h3-8,19-20,32-33H,2,9-12H2,1H3,(H,27,36)(H,31,34)(H2,28,29,30)/t20-/m0/s1. The summed E-state index contributed by atoms with van der Waals surface area (Å²) in [7, 11) is 0. The van der Waals surface area contributed by atoms with Crippen LogP contribution < -0.4 is 21.3 Å². The Hall–Kier alpha value is -3.71. The number of hydrogen-bond donors (Lipinski definition) is 6. The van der Waals surface area contributed by atoms with E-state index >= 15 is 0 Å². The molecule has 0 saturated heterocycles. The monoisotopic (exact) mass is 579 g/mol. The van der Waals surface area contributed by atoms with Gasteiger partial charge < -0.3 is 36.2 Å². The Bertz CT molecular complexity index is 1170. The van der Waals surface area contributed by atoms with Crippen LogP contribution in [-0.2, 0) is 14.3 Å². The van der Waals surface area contributed by atoms with E-state index in [0.29, 0.717) is 28.2 Å². The molecule has 2 amide bonds. The molecule has 1 heterocycles. The normalized spacial score (nSPS) is 15.6. The molecule has 0 fully saturated rings. The van der Waals surface area contributed by atoms with Gasteiger partial charge in [0.1, 0.15) is 11.6 Å². The summed E-state index contributed by atoms with van der Waals surface area (Å²) in [4.78, 5) is 41.4. The van der Waals surface area contributed by atoms with Crippen molar-refractivity contribution in [2.75, 3.05) is 31.6 Å². The van der Waals surface area contributed by atoms with Crippen LogP contribution in [0.15, 0.2) is 45.9 Å². The molecular formula is C24H27BrFN5O6. The number of ether oxygens (including phenoxy) is 1. The number of phenolic OH excluding ortho intramolecular Hbond substituents is 1. The van der Waals surface area contributed by atoms with Crippen molar-refractivity contribution >= 4 is 45.4 Å². The topological polar surface area (TPSA) is 161 Å². The van der Waals surface area contributed by atoms with E-state index in [9.17, 15) is 29.0 Å². The number of esters is 1. The Morgan fingerprint density at radius 2 is 2.03 bits per heavy atom. The van der Waals surface area contributed by atoms with Gasteiger partial charge in [-0.2, -0.15) is 0 Å². The number of β-amino-alcohol motifs (C(OH)–C–C–N with tert-alkyl or cyclic N) is 1. The fourth-order valence-electron chi connectivity index (χ4n) is 3.49. The molecule has 0 aliphatic carbocycles. The minimum atomic E-state index is -0.894. The third kappa shape index (κ3) is 8.72. The van der Waals surface area contributed by atoms with Gasteiger partial charge in [-0.15, -0.1) is 0 Å². The SMILES string of the molecule is CCOC(=O)C[C@H](NC(=O)CNC(=O)c1cc(O)cc(NC2=NCC(O)CN2)c1)c1cc(F)cc(Br)c1. The van der Waals surface area contributed by atoms with Crippen LogP contribution in [0.25, 0.3) is 0 Å². The highest BCUT2D eigenvalue weighted by Gasteiger charge is 2.21. The molecular weight excluding hydrogens is 553 g/mol. The molecule has 2 atom stereocenters. The van der Waals surface area contributed by atoms with Crippen LogP contribution in [0.4, 0.5) is 10.1 Å². The summed E-state index contributed by atoms with van der Waals surface area (Å²) in [6.45, 7) is 1.86. The molecule has 37 heavy (non-hydrogen) atoms. The van der Waals surface area contributed by atoms with Gasteiger partial charge in [0.25, 0.3) is 5.91 Å². The van der Waals surface area contributed by atoms with E-state index in [-0.39, 0.29) is 30.9 Å². The lowest BCUT2D eigenvalue weighted by molar-refractivity contribution is -0.143. The van der Waals surface area contributed by atoms with E-state index < -0.39 is 42.3 Å². The zero-order valence-corrected chi connectivity index (χ0v) is 21.5. The zero-order valence-electron chi connectivity index (χ0n) is 19.9. The fourth-order valence-corrected chi connectivity index (χ4v) is 3.97. The average Bonchev–Trinajstić information content (AvgIpc) is 2.83. The Kier molecular flexibility index (Phi) is 9.80. The quantitative estimate of drug-likeness (QED) is 0.244. The van der Waals surface area contributed by atoms with Crippen LogP contribution in [0.1, 0.15) is 35.3 Å². The molecule has 0 saturated carbocycles. The number of anilines is 1. The van der Waals surface area contributed by atoms with Crippen LogP contribution >= 0.6 is 15.9 Å². The summed E-state index contributed by atoms with van der Waals surface area (Å²) in [5.74, 6) is -2.22. The third-order valence-electron chi connectivity index (χ3n) is 5.12. The fraction of sp³-hybridized carbons (Fsp3) is 0.333. The predicted molar refractivity (Wildman–Crippen MR) is 137 cm³/mol. The number of hydrogen-bond acceptors (Lipinski definition) is 9. The second-order valence-corrected chi connectivity index (χ2v) is 9.05. The van der Waals surface area contributed by atoms with Crippen LogP contribution in [0, 0.1) is 5.82 Å². The van der Waals surface area contributed by atoms with Gasteiger partial charge >= 0.3 is 5.97 Å². The summed E-state index contributed by atoms with van der Waals surface area (Å²) in [5.41, 5.74) is 0.780. The molecule has 1 unspecified atom stereocenters. The first-order valence-corrected chi connectivity index (χ1v) is 12.2. The van der Waals surface area contributed by atoms with Crippen molar-refractivity contribution in [1.82, 2.24) is 16.0 Å². The smallest absolute Gasteiger partial charge is 0.308 e. The summed E-state index contributed by atoms with van der Waals surface area (Å²) in [6, 6.07) is 7.18. The van der Waals surface area contributed by atoms with Crippen LogP contribution in [0.5, 0.6) is 5.75 Å². The van der Waals surface area contributed by atoms with E-state index in [2.05, 4.69) is 42.2 Å². The maximum atomic E-state index is 13.9. The number of aromatic hydroxyl groups is 1. The number of amides is 2. The Morgan fingerprint density at radius 3 is 2.70 bits per heavy atom. The molecule has 2 aromatic carbocycles. The van der Waals surface area contributed by atoms with Crippen LogP contribution in [-0.4, -0.2) is 66.3 Å². The number of carbonyl (C=O) groups is 3. The number of phenols is 1. The molecule has 0 aromatic heterocycles. The third-order valence-corrected chi connectivity index (χ3v) is 5.57. The molecule has 198 valence electrons. The van der Waals surface area contributed by atoms with Crippen molar-refractivity contribution in [2.24, 2.45) is 4.99 Å². The van der Waals surface area contributed by atoms with Gasteiger partial charge in [-0.1, -0.05) is 15.9 Å². The Labute approximate surface area is 220 Å². The molecule has 0 bridgehead atoms. The van der Waals surface area contributed by atoms with Crippen molar-refractivity contribution in [3.05, 3.63) is 57.8 Å². The lowest BCUT2D eigenvalue weighted by Crippen LogP contribution is -2.42. The molecule has 2 aromatic rings. The van der Waals surface area contributed by atoms with E-state index in [1.54, 1.807) is 13.0 Å². The summed E-state index contributed by atoms with van der Waals surface area (Å²) < 4.78 is 19.3. The van der Waals surface area contributed by atoms with Gasteiger partial charge in [0.05, 0.1) is 38.3 Å². The van der Waals surface area contributed by atoms with Crippen LogP contribution in [0.3, 0.4) is 0 Å². The van der Waals surface area contributed by atoms with Gasteiger partial charge in [0, 0.05) is 28.3 Å². The number of guanidine groups is 1. The number of aliphatic hydroxyl groups is 1. The Morgan fingerprint density at radius 1 is 1.24 bits per heavy atom. The summed E-state index contributed by atoms with van der Waals surface area (Å²) in [5, 5.41) is 30.4. The van der Waals surface area contributed by atoms with Crippen molar-refractivity contribution in [1.29, 1.82) is 0 Å². The number of aliphatic imine (C=N–C) groups is 1. The predicted octanol–water partition coefficient (Wildman–Crippen LogP) is 1.57. The zero-order chi connectivity index (χ0) is 26.9. The first-order chi connectivity index (χ1) is 17.6. The maximum Gasteiger partial charge on any atom is 0.308 e. The first kappa shape index (κ1) is 27.9. The number of nitrogens with zero attached hydrogens (tertiary/aromatic N) is 1. The number of carbonyl (C=O) groups excluding carboxylic acids is 3. The number of nitrogens with one attached hydrogen (secondary N) is 4. The minimum Gasteiger partial charge on any atom is -0.508 e. The van der Waals surface area contributed by atoms with Gasteiger partial charge in [-0.05, 0) is 42.8 Å². The number of rotatable bonds is 9. The van der Waals surface area contributed by atoms with Gasteiger partial charge in [-0.3, -0.25) is 19.4 Å². The van der Waals surface area contributed by atoms with Gasteiger partial charge in [-0.25, -0.2) is 4.39 Å². The molecule has 0 spiro atoms. The van der Waals surface area contributed by atoms with Crippen molar-refractivity contribution < 1.29 is 33.7 Å². The molecule has 1 aliphatic heterocycles. The van der Waals surface area contributed by atoms with E-state index in [1.807, 2.05) is 0 Å². The Balaban J connectivity index is 1.64. The van der Waals surface area contributed by atoms with Gasteiger partial charge in [0.2, 0.25) is 5.91 Å². The van der Waals surface area contributed by atoms with Crippen molar-refractivity contribution in [2.45, 2.75) is 25.5 Å². The minimum absolute atomic E-state index is 0.0730. The molecule has 0 radical (unpaired) electrons. The number of halogens is 2. The number of benzene rings is 2. The maximum absolute atomic E-state index is 13.9. The molecule has 3 rings (SSSR count). The summed E-state index contributed by atoms with van der Waals surface area (Å²) in [6.07, 6.45) is -0.832. The van der Waals surface area contributed by atoms with Crippen LogP contribution in [0.2, 0.25) is 0 Å².